The molecule has 1 unspecified atom stereocenters. The van der Waals surface area contributed by atoms with Gasteiger partial charge in [0.15, 0.2) is 0 Å². The van der Waals surface area contributed by atoms with Gasteiger partial charge in [-0.25, -0.2) is 8.42 Å². The van der Waals surface area contributed by atoms with Crippen LogP contribution < -0.4 is 16.0 Å². The number of fused-ring (bicyclic) bond motifs is 1. The molecule has 2 amide bonds. The fourth-order valence-electron chi connectivity index (χ4n) is 6.56. The number of carbonyl (C=O) groups is 2. The molecule has 222 valence electrons. The number of benzene rings is 2. The maximum absolute atomic E-state index is 13.4. The van der Waals surface area contributed by atoms with Crippen LogP contribution in [0.4, 0.5) is 0 Å². The molecule has 8 nitrogen and oxygen atoms in total. The Hall–Kier alpha value is -2.75. The van der Waals surface area contributed by atoms with E-state index in [0.29, 0.717) is 0 Å². The molecule has 9 heteroatoms. The van der Waals surface area contributed by atoms with Gasteiger partial charge < -0.3 is 16.0 Å². The zero-order valence-electron chi connectivity index (χ0n) is 24.2. The molecule has 2 aromatic rings. The fourth-order valence-corrected chi connectivity index (χ4v) is 8.15. The highest BCUT2D eigenvalue weighted by Gasteiger charge is 2.40. The van der Waals surface area contributed by atoms with Gasteiger partial charge in [-0.05, 0) is 99.7 Å². The quantitative estimate of drug-likeness (QED) is 0.351. The second kappa shape index (κ2) is 13.5. The van der Waals surface area contributed by atoms with Gasteiger partial charge in [-0.15, -0.1) is 0 Å². The first kappa shape index (κ1) is 29.7. The Morgan fingerprint density at radius 1 is 1.05 bits per heavy atom. The molecule has 2 aliphatic carbocycles. The lowest BCUT2D eigenvalue weighted by atomic mass is 9.86. The van der Waals surface area contributed by atoms with Crippen LogP contribution in [0.3, 0.4) is 0 Å². The summed E-state index contributed by atoms with van der Waals surface area (Å²) < 4.78 is 28.0. The van der Waals surface area contributed by atoms with E-state index in [4.69, 9.17) is 0 Å². The van der Waals surface area contributed by atoms with E-state index in [2.05, 4.69) is 34.1 Å². The van der Waals surface area contributed by atoms with Gasteiger partial charge in [0.1, 0.15) is 6.04 Å². The lowest BCUT2D eigenvalue weighted by Crippen LogP contribution is -2.58. The summed E-state index contributed by atoms with van der Waals surface area (Å²) in [6.45, 7) is 4.42. The molecule has 0 radical (unpaired) electrons. The van der Waals surface area contributed by atoms with E-state index >= 15 is 0 Å². The van der Waals surface area contributed by atoms with Crippen molar-refractivity contribution in [1.29, 1.82) is 0 Å². The summed E-state index contributed by atoms with van der Waals surface area (Å²) >= 11 is 0. The monoisotopic (exact) mass is 580 g/mol. The van der Waals surface area contributed by atoms with Crippen molar-refractivity contribution < 1.29 is 18.0 Å². The molecule has 1 heterocycles. The molecule has 2 atom stereocenters. The maximum atomic E-state index is 13.4. The fraction of sp³-hybridized carbons (Fsp3) is 0.562. The molecular weight excluding hydrogens is 536 g/mol. The number of nitrogens with zero attached hydrogens (tertiary/aromatic N) is 1. The van der Waals surface area contributed by atoms with E-state index in [1.165, 1.54) is 41.1 Å². The number of rotatable bonds is 11. The molecule has 1 aliphatic heterocycles. The van der Waals surface area contributed by atoms with Crippen LogP contribution in [0, 0.1) is 12.8 Å². The summed E-state index contributed by atoms with van der Waals surface area (Å²) in [5.74, 6) is 0.110. The lowest BCUT2D eigenvalue weighted by molar-refractivity contribution is -0.132. The van der Waals surface area contributed by atoms with Gasteiger partial charge in [0, 0.05) is 13.1 Å². The predicted octanol–water partition coefficient (Wildman–Crippen LogP) is 3.78. The Morgan fingerprint density at radius 2 is 1.83 bits per heavy atom. The zero-order chi connectivity index (χ0) is 28.8. The van der Waals surface area contributed by atoms with Crippen LogP contribution in [0.15, 0.2) is 47.4 Å². The van der Waals surface area contributed by atoms with E-state index in [1.54, 1.807) is 24.3 Å². The highest BCUT2D eigenvalue weighted by atomic mass is 32.2. The molecular formula is C32H44N4O4S. The highest BCUT2D eigenvalue weighted by molar-refractivity contribution is 7.89. The molecule has 0 spiro atoms. The Balaban J connectivity index is 1.18. The van der Waals surface area contributed by atoms with Crippen LogP contribution in [0.1, 0.15) is 79.7 Å². The molecule has 3 aliphatic rings. The number of hydrogen-bond acceptors (Lipinski definition) is 5. The first-order chi connectivity index (χ1) is 19.8. The summed E-state index contributed by atoms with van der Waals surface area (Å²) in [5, 5.41) is 9.48. The van der Waals surface area contributed by atoms with E-state index in [1.807, 2.05) is 6.92 Å². The van der Waals surface area contributed by atoms with Gasteiger partial charge in [-0.2, -0.15) is 4.31 Å². The molecule has 2 fully saturated rings. The normalized spacial score (nSPS) is 21.8. The Labute approximate surface area is 244 Å². The first-order valence-corrected chi connectivity index (χ1v) is 16.7. The summed E-state index contributed by atoms with van der Waals surface area (Å²) in [6.07, 6.45) is 10.2. The largest absolute Gasteiger partial charge is 0.353 e. The van der Waals surface area contributed by atoms with Crippen LogP contribution in [-0.4, -0.2) is 56.8 Å². The molecule has 41 heavy (non-hydrogen) atoms. The van der Waals surface area contributed by atoms with Crippen molar-refractivity contribution in [3.63, 3.8) is 0 Å². The van der Waals surface area contributed by atoms with Gasteiger partial charge in [0.2, 0.25) is 21.8 Å². The predicted molar refractivity (Wildman–Crippen MR) is 160 cm³/mol. The first-order valence-electron chi connectivity index (χ1n) is 15.3. The molecule has 2 aromatic carbocycles. The van der Waals surface area contributed by atoms with Gasteiger partial charge in [0.25, 0.3) is 0 Å². The third-order valence-electron chi connectivity index (χ3n) is 8.87. The smallest absolute Gasteiger partial charge is 0.243 e. The molecule has 1 saturated heterocycles. The lowest BCUT2D eigenvalue weighted by Gasteiger charge is -2.34. The van der Waals surface area contributed by atoms with E-state index in [-0.39, 0.29) is 36.4 Å². The number of amides is 2. The number of piperazine rings is 1. The van der Waals surface area contributed by atoms with Gasteiger partial charge in [-0.3, -0.25) is 9.59 Å². The van der Waals surface area contributed by atoms with Crippen LogP contribution >= 0.6 is 0 Å². The molecule has 0 bridgehead atoms. The summed E-state index contributed by atoms with van der Waals surface area (Å²) in [6, 6.07) is 12.0. The van der Waals surface area contributed by atoms with Crippen molar-refractivity contribution in [3.8, 4) is 0 Å². The molecule has 0 aromatic heterocycles. The number of sulfonamides is 1. The minimum atomic E-state index is -3.92. The number of carbonyl (C=O) groups excluding carboxylic acids is 2. The van der Waals surface area contributed by atoms with E-state index < -0.39 is 22.0 Å². The Morgan fingerprint density at radius 3 is 2.61 bits per heavy atom. The highest BCUT2D eigenvalue weighted by Crippen LogP contribution is 2.31. The summed E-state index contributed by atoms with van der Waals surface area (Å²) in [7, 11) is -3.92. The van der Waals surface area contributed by atoms with Crippen molar-refractivity contribution in [2.45, 2.75) is 88.1 Å². The van der Waals surface area contributed by atoms with Crippen molar-refractivity contribution in [3.05, 3.63) is 64.7 Å². The Bertz CT molecular complexity index is 1320. The van der Waals surface area contributed by atoms with Crippen molar-refractivity contribution in [2.24, 2.45) is 5.92 Å². The molecule has 1 saturated carbocycles. The minimum Gasteiger partial charge on any atom is -0.353 e. The van der Waals surface area contributed by atoms with Gasteiger partial charge in [-0.1, -0.05) is 48.7 Å². The maximum Gasteiger partial charge on any atom is 0.243 e. The standard InChI is InChI=1S/C32H44N4O4S/c1-23-11-14-27(15-12-23)41(39,40)36-19-18-34-32(38)30(36)21-31(37)35-29-10-4-9-26-20-24(13-16-28(26)29)8-5-17-33-22-25-6-2-3-7-25/h11-16,20,25,29-30,33H,2-10,17-19,21-22H2,1H3,(H,34,38)(H,35,37)/t29-,30?/m1/s1. The third-order valence-corrected chi connectivity index (χ3v) is 10.8. The average molecular weight is 581 g/mol. The van der Waals surface area contributed by atoms with Crippen molar-refractivity contribution in [2.75, 3.05) is 26.2 Å². The number of aryl methyl sites for hydroxylation is 3. The summed E-state index contributed by atoms with van der Waals surface area (Å²) in [5.41, 5.74) is 4.68. The van der Waals surface area contributed by atoms with Gasteiger partial charge in [0.05, 0.1) is 17.4 Å². The van der Waals surface area contributed by atoms with Crippen LogP contribution in [-0.2, 0) is 32.5 Å². The van der Waals surface area contributed by atoms with Crippen LogP contribution in [0.2, 0.25) is 0 Å². The number of nitrogens with one attached hydrogen (secondary N) is 3. The van der Waals surface area contributed by atoms with Crippen LogP contribution in [0.25, 0.3) is 0 Å². The van der Waals surface area contributed by atoms with Crippen LogP contribution in [0.5, 0.6) is 0 Å². The molecule has 3 N–H and O–H groups in total. The SMILES string of the molecule is Cc1ccc(S(=O)(=O)N2CCNC(=O)C2CC(=O)N[C@@H]2CCCc3cc(CCCNCC4CCCC4)ccc32)cc1. The molecule has 5 rings (SSSR count). The Kier molecular flexibility index (Phi) is 9.78. The minimum absolute atomic E-state index is 0.129. The van der Waals surface area contributed by atoms with E-state index in [9.17, 15) is 18.0 Å². The second-order valence-electron chi connectivity index (χ2n) is 11.9. The second-order valence-corrected chi connectivity index (χ2v) is 13.8. The third kappa shape index (κ3) is 7.37. The van der Waals surface area contributed by atoms with Crippen molar-refractivity contribution in [1.82, 2.24) is 20.3 Å². The van der Waals surface area contributed by atoms with Gasteiger partial charge >= 0.3 is 0 Å². The zero-order valence-corrected chi connectivity index (χ0v) is 25.0. The van der Waals surface area contributed by atoms with Crippen molar-refractivity contribution >= 4 is 21.8 Å². The van der Waals surface area contributed by atoms with E-state index in [0.717, 1.165) is 62.2 Å². The average Bonchev–Trinajstić information content (AvgIpc) is 3.48. The number of hydrogen-bond donors (Lipinski definition) is 3. The summed E-state index contributed by atoms with van der Waals surface area (Å²) in [4.78, 5) is 26.2. The topological polar surface area (TPSA) is 108 Å².